The third-order valence-electron chi connectivity index (χ3n) is 3.55. The van der Waals surface area contributed by atoms with Gasteiger partial charge in [-0.15, -0.1) is 0 Å². The highest BCUT2D eigenvalue weighted by atomic mass is 14.8. The molecular weight excluding hydrogens is 268 g/mol. The molecule has 0 atom stereocenters. The van der Waals surface area contributed by atoms with Crippen LogP contribution in [0.5, 0.6) is 0 Å². The Hall–Kier alpha value is -2.35. The van der Waals surface area contributed by atoms with E-state index in [1.165, 1.54) is 34.2 Å². The first-order valence-corrected chi connectivity index (χ1v) is 7.80. The van der Waals surface area contributed by atoms with Crippen molar-refractivity contribution in [2.45, 2.75) is 33.6 Å². The van der Waals surface area contributed by atoms with Crippen molar-refractivity contribution >= 4 is 0 Å². The van der Waals surface area contributed by atoms with Crippen molar-refractivity contribution in [2.75, 3.05) is 0 Å². The Bertz CT molecular complexity index is 653. The monoisotopic (exact) mass is 292 g/mol. The molecule has 0 saturated heterocycles. The Morgan fingerprint density at radius 2 is 1.82 bits per heavy atom. The van der Waals surface area contributed by atoms with Crippen molar-refractivity contribution < 1.29 is 0 Å². The van der Waals surface area contributed by atoms with Gasteiger partial charge in [-0.3, -0.25) is 0 Å². The molecule has 3 aromatic rings. The Balaban J connectivity index is 0.000000299. The van der Waals surface area contributed by atoms with E-state index in [0.29, 0.717) is 0 Å². The second kappa shape index (κ2) is 8.18. The zero-order chi connectivity index (χ0) is 15.8. The van der Waals surface area contributed by atoms with Crippen molar-refractivity contribution in [3.05, 3.63) is 77.9 Å². The molecule has 0 saturated carbocycles. The molecule has 2 heteroatoms. The maximum Gasteiger partial charge on any atom is 0.0919 e. The zero-order valence-corrected chi connectivity index (χ0v) is 13.6. The fourth-order valence-corrected chi connectivity index (χ4v) is 2.76. The van der Waals surface area contributed by atoms with Gasteiger partial charge < -0.3 is 4.98 Å². The van der Waals surface area contributed by atoms with E-state index in [2.05, 4.69) is 73.2 Å². The van der Waals surface area contributed by atoms with Crippen molar-refractivity contribution in [2.24, 2.45) is 0 Å². The third kappa shape index (κ3) is 4.32. The SMILES string of the molecule is CCCc1cc(C)cc(C)c1-c1ccccc1.c1c[nH]cn1. The number of aromatic nitrogens is 2. The lowest BCUT2D eigenvalue weighted by molar-refractivity contribution is 0.920. The molecule has 0 unspecified atom stereocenters. The molecule has 1 heterocycles. The lowest BCUT2D eigenvalue weighted by Crippen LogP contribution is -1.94. The number of hydrogen-bond donors (Lipinski definition) is 1. The predicted octanol–water partition coefficient (Wildman–Crippen LogP) is 5.33. The quantitative estimate of drug-likeness (QED) is 0.694. The van der Waals surface area contributed by atoms with Gasteiger partial charge in [0.05, 0.1) is 6.33 Å². The molecule has 0 spiro atoms. The van der Waals surface area contributed by atoms with Crippen LogP contribution in [-0.4, -0.2) is 9.97 Å². The Morgan fingerprint density at radius 1 is 1.05 bits per heavy atom. The van der Waals surface area contributed by atoms with E-state index < -0.39 is 0 Å². The number of hydrogen-bond acceptors (Lipinski definition) is 1. The lowest BCUT2D eigenvalue weighted by Gasteiger charge is -2.14. The van der Waals surface area contributed by atoms with E-state index in [-0.39, 0.29) is 0 Å². The normalized spacial score (nSPS) is 9.95. The maximum absolute atomic E-state index is 3.67. The molecule has 22 heavy (non-hydrogen) atoms. The largest absolute Gasteiger partial charge is 0.351 e. The molecule has 0 fully saturated rings. The average Bonchev–Trinajstić information content (AvgIpc) is 3.07. The van der Waals surface area contributed by atoms with Crippen molar-refractivity contribution in [1.82, 2.24) is 9.97 Å². The minimum absolute atomic E-state index is 1.16. The summed E-state index contributed by atoms with van der Waals surface area (Å²) in [5, 5.41) is 0. The van der Waals surface area contributed by atoms with Crippen molar-refractivity contribution in [1.29, 1.82) is 0 Å². The van der Waals surface area contributed by atoms with Gasteiger partial charge in [-0.05, 0) is 42.5 Å². The van der Waals surface area contributed by atoms with E-state index in [0.717, 1.165) is 6.42 Å². The van der Waals surface area contributed by atoms with Crippen LogP contribution in [0.4, 0.5) is 0 Å². The van der Waals surface area contributed by atoms with Crippen LogP contribution >= 0.6 is 0 Å². The predicted molar refractivity (Wildman–Crippen MR) is 93.9 cm³/mol. The van der Waals surface area contributed by atoms with Gasteiger partial charge in [0, 0.05) is 12.4 Å². The molecule has 3 rings (SSSR count). The summed E-state index contributed by atoms with van der Waals surface area (Å²) in [6.07, 6.45) is 7.44. The second-order valence-corrected chi connectivity index (χ2v) is 5.49. The summed E-state index contributed by atoms with van der Waals surface area (Å²) in [4.78, 5) is 6.42. The minimum atomic E-state index is 1.16. The summed E-state index contributed by atoms with van der Waals surface area (Å²) in [5.74, 6) is 0. The van der Waals surface area contributed by atoms with Crippen LogP contribution in [0.3, 0.4) is 0 Å². The smallest absolute Gasteiger partial charge is 0.0919 e. The fraction of sp³-hybridized carbons (Fsp3) is 0.250. The van der Waals surface area contributed by atoms with E-state index in [4.69, 9.17) is 0 Å². The third-order valence-corrected chi connectivity index (χ3v) is 3.55. The van der Waals surface area contributed by atoms with Gasteiger partial charge in [0.2, 0.25) is 0 Å². The number of benzene rings is 2. The van der Waals surface area contributed by atoms with Gasteiger partial charge in [-0.25, -0.2) is 4.98 Å². The first-order chi connectivity index (χ1) is 10.7. The summed E-state index contributed by atoms with van der Waals surface area (Å²) >= 11 is 0. The van der Waals surface area contributed by atoms with E-state index >= 15 is 0 Å². The Kier molecular flexibility index (Phi) is 5.96. The molecular formula is C20H24N2. The summed E-state index contributed by atoms with van der Waals surface area (Å²) < 4.78 is 0. The highest BCUT2D eigenvalue weighted by Crippen LogP contribution is 2.29. The molecule has 0 aliphatic heterocycles. The molecule has 0 bridgehead atoms. The summed E-state index contributed by atoms with van der Waals surface area (Å²) in [6.45, 7) is 6.64. The van der Waals surface area contributed by atoms with Gasteiger partial charge in [-0.2, -0.15) is 0 Å². The number of imidazole rings is 1. The lowest BCUT2D eigenvalue weighted by atomic mass is 9.91. The van der Waals surface area contributed by atoms with Crippen LogP contribution in [0.1, 0.15) is 30.0 Å². The molecule has 1 aromatic heterocycles. The number of nitrogens with zero attached hydrogens (tertiary/aromatic N) is 1. The zero-order valence-electron chi connectivity index (χ0n) is 13.6. The topological polar surface area (TPSA) is 28.7 Å². The summed E-state index contributed by atoms with van der Waals surface area (Å²) in [5.41, 5.74) is 7.01. The molecule has 2 nitrogen and oxygen atoms in total. The number of rotatable bonds is 3. The number of aryl methyl sites for hydroxylation is 3. The second-order valence-electron chi connectivity index (χ2n) is 5.49. The van der Waals surface area contributed by atoms with Crippen molar-refractivity contribution in [3.8, 4) is 11.1 Å². The maximum atomic E-state index is 3.67. The van der Waals surface area contributed by atoms with E-state index in [1.54, 1.807) is 18.7 Å². The van der Waals surface area contributed by atoms with Crippen LogP contribution in [0.2, 0.25) is 0 Å². The van der Waals surface area contributed by atoms with Crippen LogP contribution in [0, 0.1) is 13.8 Å². The molecule has 0 radical (unpaired) electrons. The molecule has 0 aliphatic carbocycles. The first kappa shape index (κ1) is 16.0. The van der Waals surface area contributed by atoms with E-state index in [1.807, 2.05) is 0 Å². The van der Waals surface area contributed by atoms with Gasteiger partial charge in [0.1, 0.15) is 0 Å². The van der Waals surface area contributed by atoms with E-state index in [9.17, 15) is 0 Å². The molecule has 114 valence electrons. The number of aromatic amines is 1. The van der Waals surface area contributed by atoms with Crippen LogP contribution in [0.25, 0.3) is 11.1 Å². The molecule has 1 N–H and O–H groups in total. The van der Waals surface area contributed by atoms with Crippen LogP contribution < -0.4 is 0 Å². The first-order valence-electron chi connectivity index (χ1n) is 7.80. The Labute approximate surface area is 133 Å². The van der Waals surface area contributed by atoms with Crippen LogP contribution in [0.15, 0.2) is 61.2 Å². The molecule has 0 aliphatic rings. The summed E-state index contributed by atoms with van der Waals surface area (Å²) in [7, 11) is 0. The van der Waals surface area contributed by atoms with Crippen molar-refractivity contribution in [3.63, 3.8) is 0 Å². The molecule has 2 aromatic carbocycles. The highest BCUT2D eigenvalue weighted by Gasteiger charge is 2.08. The van der Waals surface area contributed by atoms with Gasteiger partial charge in [-0.1, -0.05) is 61.4 Å². The number of nitrogens with one attached hydrogen (secondary N) is 1. The van der Waals surface area contributed by atoms with Gasteiger partial charge >= 0.3 is 0 Å². The average molecular weight is 292 g/mol. The minimum Gasteiger partial charge on any atom is -0.351 e. The standard InChI is InChI=1S/C17H20.C3H4N2/c1-4-8-16-12-13(2)11-14(3)17(16)15-9-6-5-7-10-15;1-2-5-3-4-1/h5-7,9-12H,4,8H2,1-3H3;1-3H,(H,4,5). The highest BCUT2D eigenvalue weighted by molar-refractivity contribution is 5.71. The Morgan fingerprint density at radius 3 is 2.36 bits per heavy atom. The van der Waals surface area contributed by atoms with Crippen LogP contribution in [-0.2, 0) is 6.42 Å². The van der Waals surface area contributed by atoms with Gasteiger partial charge in [0.25, 0.3) is 0 Å². The number of H-pyrrole nitrogens is 1. The van der Waals surface area contributed by atoms with Gasteiger partial charge in [0.15, 0.2) is 0 Å². The fourth-order valence-electron chi connectivity index (χ4n) is 2.76. The molecule has 0 amide bonds. The summed E-state index contributed by atoms with van der Waals surface area (Å²) in [6, 6.07) is 15.3.